The summed E-state index contributed by atoms with van der Waals surface area (Å²) in [5.74, 6) is 0.405. The molecule has 0 atom stereocenters. The van der Waals surface area contributed by atoms with Crippen LogP contribution in [0.4, 0.5) is 0 Å². The first-order chi connectivity index (χ1) is 8.13. The van der Waals surface area contributed by atoms with E-state index in [1.807, 2.05) is 30.5 Å². The van der Waals surface area contributed by atoms with Crippen molar-refractivity contribution in [2.45, 2.75) is 26.3 Å². The summed E-state index contributed by atoms with van der Waals surface area (Å²) in [6, 6.07) is 3.93. The molecule has 2 heterocycles. The van der Waals surface area contributed by atoms with Crippen molar-refractivity contribution in [2.24, 2.45) is 0 Å². The van der Waals surface area contributed by atoms with Gasteiger partial charge in [-0.25, -0.2) is 9.97 Å². The van der Waals surface area contributed by atoms with Gasteiger partial charge in [0.1, 0.15) is 17.8 Å². The molecule has 0 N–H and O–H groups in total. The van der Waals surface area contributed by atoms with E-state index < -0.39 is 0 Å². The molecule has 0 aliphatic carbocycles. The van der Waals surface area contributed by atoms with Crippen molar-refractivity contribution in [1.29, 1.82) is 0 Å². The third-order valence-corrected chi connectivity index (χ3v) is 2.57. The number of hydrogen-bond donors (Lipinski definition) is 0. The smallest absolute Gasteiger partial charge is 0.313 e. The van der Waals surface area contributed by atoms with E-state index in [1.165, 1.54) is 7.11 Å². The lowest BCUT2D eigenvalue weighted by Gasteiger charge is -2.11. The number of ether oxygens (including phenoxy) is 1. The number of nitrogens with zero attached hydrogens (tertiary/aromatic N) is 3. The van der Waals surface area contributed by atoms with Crippen molar-refractivity contribution in [3.63, 3.8) is 0 Å². The molecule has 0 aliphatic rings. The summed E-state index contributed by atoms with van der Waals surface area (Å²) in [7, 11) is 1.38. The molecule has 0 bridgehead atoms. The highest BCUT2D eigenvalue weighted by Crippen LogP contribution is 2.19. The van der Waals surface area contributed by atoms with Crippen molar-refractivity contribution in [3.8, 4) is 0 Å². The monoisotopic (exact) mass is 233 g/mol. The number of methoxy groups -OCH3 is 1. The van der Waals surface area contributed by atoms with Gasteiger partial charge in [0, 0.05) is 12.2 Å². The van der Waals surface area contributed by atoms with Crippen LogP contribution in [-0.4, -0.2) is 27.6 Å². The average Bonchev–Trinajstić information content (AvgIpc) is 2.66. The predicted molar refractivity (Wildman–Crippen MR) is 63.6 cm³/mol. The summed E-state index contributed by atoms with van der Waals surface area (Å²) in [6.45, 7) is 4.08. The Hall–Kier alpha value is -1.91. The van der Waals surface area contributed by atoms with Gasteiger partial charge in [-0.15, -0.1) is 0 Å². The minimum atomic E-state index is -0.290. The highest BCUT2D eigenvalue weighted by Gasteiger charge is 2.16. The van der Waals surface area contributed by atoms with Crippen LogP contribution in [0.15, 0.2) is 18.3 Å². The van der Waals surface area contributed by atoms with Gasteiger partial charge in [-0.1, -0.05) is 0 Å². The lowest BCUT2D eigenvalue weighted by molar-refractivity contribution is -0.139. The topological polar surface area (TPSA) is 57.0 Å². The second-order valence-electron chi connectivity index (χ2n) is 4.09. The quantitative estimate of drug-likeness (QED) is 0.757. The van der Waals surface area contributed by atoms with Crippen LogP contribution < -0.4 is 0 Å². The van der Waals surface area contributed by atoms with Crippen LogP contribution in [0, 0.1) is 0 Å². The molecule has 0 aromatic carbocycles. The first kappa shape index (κ1) is 11.6. The third kappa shape index (κ3) is 2.13. The Morgan fingerprint density at radius 2 is 2.29 bits per heavy atom. The summed E-state index contributed by atoms with van der Waals surface area (Å²) < 4.78 is 6.64. The molecular formula is C12H15N3O2. The summed E-state index contributed by atoms with van der Waals surface area (Å²) >= 11 is 0. The van der Waals surface area contributed by atoms with Gasteiger partial charge in [0.15, 0.2) is 5.65 Å². The van der Waals surface area contributed by atoms with Crippen LogP contribution >= 0.6 is 0 Å². The van der Waals surface area contributed by atoms with Gasteiger partial charge in [0.25, 0.3) is 0 Å². The Balaban J connectivity index is 2.53. The van der Waals surface area contributed by atoms with Crippen LogP contribution in [0.3, 0.4) is 0 Å². The molecule has 0 unspecified atom stereocenters. The summed E-state index contributed by atoms with van der Waals surface area (Å²) in [5, 5.41) is 0. The van der Waals surface area contributed by atoms with Crippen molar-refractivity contribution >= 4 is 17.1 Å². The molecule has 2 aromatic heterocycles. The fourth-order valence-electron chi connectivity index (χ4n) is 1.85. The molecule has 0 saturated carbocycles. The molecule has 0 saturated heterocycles. The van der Waals surface area contributed by atoms with Gasteiger partial charge in [-0.3, -0.25) is 4.79 Å². The van der Waals surface area contributed by atoms with Gasteiger partial charge >= 0.3 is 5.97 Å². The molecule has 0 aliphatic heterocycles. The summed E-state index contributed by atoms with van der Waals surface area (Å²) in [4.78, 5) is 20.1. The highest BCUT2D eigenvalue weighted by molar-refractivity contribution is 5.75. The number of hydrogen-bond acceptors (Lipinski definition) is 4. The predicted octanol–water partition coefficient (Wildman–Crippen LogP) is 1.73. The molecule has 90 valence electrons. The Labute approximate surface area is 99.4 Å². The second-order valence-corrected chi connectivity index (χ2v) is 4.09. The summed E-state index contributed by atoms with van der Waals surface area (Å²) in [6.07, 6.45) is 1.90. The first-order valence-corrected chi connectivity index (χ1v) is 5.52. The Morgan fingerprint density at radius 3 is 2.94 bits per heavy atom. The number of rotatable bonds is 3. The van der Waals surface area contributed by atoms with Gasteiger partial charge in [0.2, 0.25) is 0 Å². The van der Waals surface area contributed by atoms with Gasteiger partial charge in [-0.05, 0) is 26.0 Å². The van der Waals surface area contributed by atoms with E-state index in [1.54, 1.807) is 6.20 Å². The standard InChI is InChI=1S/C12H15N3O2/c1-8(2)15-10(7-11(16)17-3)14-9-5-4-6-13-12(9)15/h4-6,8H,7H2,1-3H3. The number of pyridine rings is 1. The molecule has 2 rings (SSSR count). The zero-order valence-electron chi connectivity index (χ0n) is 10.2. The fourth-order valence-corrected chi connectivity index (χ4v) is 1.85. The molecule has 5 nitrogen and oxygen atoms in total. The van der Waals surface area contributed by atoms with E-state index in [2.05, 4.69) is 14.7 Å². The zero-order chi connectivity index (χ0) is 12.4. The van der Waals surface area contributed by atoms with E-state index in [0.29, 0.717) is 5.82 Å². The molecule has 0 amide bonds. The number of carbonyl (C=O) groups is 1. The fraction of sp³-hybridized carbons (Fsp3) is 0.417. The van der Waals surface area contributed by atoms with Crippen LogP contribution in [-0.2, 0) is 16.0 Å². The largest absolute Gasteiger partial charge is 0.469 e. The van der Waals surface area contributed by atoms with Crippen molar-refractivity contribution in [3.05, 3.63) is 24.2 Å². The maximum atomic E-state index is 11.3. The third-order valence-electron chi connectivity index (χ3n) is 2.57. The van der Waals surface area contributed by atoms with Crippen LogP contribution in [0.2, 0.25) is 0 Å². The minimum Gasteiger partial charge on any atom is -0.469 e. The normalized spacial score (nSPS) is 11.1. The lowest BCUT2D eigenvalue weighted by Crippen LogP contribution is -2.13. The highest BCUT2D eigenvalue weighted by atomic mass is 16.5. The number of aromatic nitrogens is 3. The number of esters is 1. The van der Waals surface area contributed by atoms with Gasteiger partial charge < -0.3 is 9.30 Å². The Bertz CT molecular complexity index is 546. The van der Waals surface area contributed by atoms with Crippen LogP contribution in [0.25, 0.3) is 11.2 Å². The molecular weight excluding hydrogens is 218 g/mol. The Kier molecular flexibility index (Phi) is 3.08. The van der Waals surface area contributed by atoms with Crippen LogP contribution in [0.1, 0.15) is 25.7 Å². The van der Waals surface area contributed by atoms with E-state index in [0.717, 1.165) is 11.2 Å². The lowest BCUT2D eigenvalue weighted by atomic mass is 10.3. The van der Waals surface area contributed by atoms with Crippen molar-refractivity contribution < 1.29 is 9.53 Å². The maximum Gasteiger partial charge on any atom is 0.313 e. The van der Waals surface area contributed by atoms with Crippen LogP contribution in [0.5, 0.6) is 0 Å². The number of imidazole rings is 1. The SMILES string of the molecule is COC(=O)Cc1nc2cccnc2n1C(C)C. The minimum absolute atomic E-state index is 0.172. The molecule has 5 heteroatoms. The van der Waals surface area contributed by atoms with Gasteiger partial charge in [0.05, 0.1) is 7.11 Å². The van der Waals surface area contributed by atoms with E-state index in [4.69, 9.17) is 0 Å². The molecule has 0 spiro atoms. The molecule has 0 fully saturated rings. The van der Waals surface area contributed by atoms with Crippen molar-refractivity contribution in [1.82, 2.24) is 14.5 Å². The average molecular weight is 233 g/mol. The van der Waals surface area contributed by atoms with E-state index in [-0.39, 0.29) is 18.4 Å². The Morgan fingerprint density at radius 1 is 1.53 bits per heavy atom. The number of fused-ring (bicyclic) bond motifs is 1. The molecule has 17 heavy (non-hydrogen) atoms. The zero-order valence-corrected chi connectivity index (χ0v) is 10.2. The second kappa shape index (κ2) is 4.53. The molecule has 2 aromatic rings. The van der Waals surface area contributed by atoms with E-state index in [9.17, 15) is 4.79 Å². The van der Waals surface area contributed by atoms with Crippen molar-refractivity contribution in [2.75, 3.05) is 7.11 Å². The number of carbonyl (C=O) groups excluding carboxylic acids is 1. The maximum absolute atomic E-state index is 11.3. The summed E-state index contributed by atoms with van der Waals surface area (Å²) in [5.41, 5.74) is 1.61. The molecule has 0 radical (unpaired) electrons. The first-order valence-electron chi connectivity index (χ1n) is 5.52. The van der Waals surface area contributed by atoms with E-state index >= 15 is 0 Å². The van der Waals surface area contributed by atoms with Gasteiger partial charge in [-0.2, -0.15) is 0 Å².